The number of aromatic nitrogens is 1. The summed E-state index contributed by atoms with van der Waals surface area (Å²) in [4.78, 5) is 33.2. The molecule has 0 spiro atoms. The zero-order chi connectivity index (χ0) is 44.7. The van der Waals surface area contributed by atoms with Gasteiger partial charge in [-0.15, -0.1) is 0 Å². The van der Waals surface area contributed by atoms with Gasteiger partial charge < -0.3 is 38.4 Å². The Hall–Kier alpha value is -4.93. The van der Waals surface area contributed by atoms with Crippen molar-refractivity contribution < 1.29 is 51.5 Å². The molecule has 3 aromatic carbocycles. The van der Waals surface area contributed by atoms with Crippen LogP contribution in [0, 0.1) is 6.92 Å². The monoisotopic (exact) mass is 905 g/mol. The number of rotatable bonds is 17. The van der Waals surface area contributed by atoms with Crippen LogP contribution in [0.15, 0.2) is 71.9 Å². The number of ether oxygens (including phenoxy) is 6. The molecule has 0 aliphatic carbocycles. The summed E-state index contributed by atoms with van der Waals surface area (Å²) in [6.07, 6.45) is 7.55. The Morgan fingerprint density at radius 2 is 1.83 bits per heavy atom. The summed E-state index contributed by atoms with van der Waals surface area (Å²) in [5, 5.41) is 11.3. The molecule has 0 amide bonds. The van der Waals surface area contributed by atoms with E-state index in [0.717, 1.165) is 46.9 Å². The van der Waals surface area contributed by atoms with Crippen LogP contribution in [0.2, 0.25) is 5.02 Å². The number of piperidine rings is 1. The Morgan fingerprint density at radius 1 is 1.00 bits per heavy atom. The van der Waals surface area contributed by atoms with E-state index in [0.29, 0.717) is 98.8 Å². The van der Waals surface area contributed by atoms with Crippen molar-refractivity contribution in [1.29, 1.82) is 0 Å². The second-order valence-electron chi connectivity index (χ2n) is 16.6. The van der Waals surface area contributed by atoms with E-state index in [4.69, 9.17) is 40.0 Å². The third-order valence-electron chi connectivity index (χ3n) is 11.9. The molecule has 16 heteroatoms. The number of fused-ring (bicyclic) bond motifs is 1. The fourth-order valence-corrected chi connectivity index (χ4v) is 9.33. The van der Waals surface area contributed by atoms with Crippen molar-refractivity contribution in [2.45, 2.75) is 94.8 Å². The van der Waals surface area contributed by atoms with Gasteiger partial charge in [0, 0.05) is 68.4 Å². The molecule has 0 bridgehead atoms. The lowest BCUT2D eigenvalue weighted by molar-refractivity contribution is -0.149. The Bertz CT molecular complexity index is 2400. The minimum Gasteiger partial charge on any atom is -0.488 e. The molecule has 2 fully saturated rings. The maximum atomic E-state index is 12.7. The van der Waals surface area contributed by atoms with Crippen LogP contribution in [0.3, 0.4) is 0 Å². The van der Waals surface area contributed by atoms with Crippen LogP contribution in [0.5, 0.6) is 23.0 Å². The lowest BCUT2D eigenvalue weighted by Crippen LogP contribution is -2.44. The largest absolute Gasteiger partial charge is 0.488 e. The molecule has 3 aliphatic heterocycles. The number of esters is 2. The standard InChI is InChI=1S/C47H56ClN3O11S/c1-5-58-45(52)23-47(54)15-18-50(30-47)17-14-36-29-61-41-13-12-33(21-44(41)62-36)38-10-8-9-34(31(38)2)28-60-43-22-42(59-27-32-19-37(25-49-24-32)63(4,55)56)35(20-39(43)48)26-51-16-7-6-11-40(51)46(53)57-3/h8-10,12-13,19-22,24-25,36,40,54H,5-7,11,14-18,23,26-30H2,1-4H3. The van der Waals surface area contributed by atoms with Crippen molar-refractivity contribution in [3.05, 3.63) is 94.3 Å². The Kier molecular flexibility index (Phi) is 14.8. The van der Waals surface area contributed by atoms with Gasteiger partial charge in [-0.05, 0) is 86.2 Å². The average Bonchev–Trinajstić information content (AvgIpc) is 3.64. The zero-order valence-electron chi connectivity index (χ0n) is 36.3. The lowest BCUT2D eigenvalue weighted by Gasteiger charge is -2.34. The van der Waals surface area contributed by atoms with Crippen LogP contribution in [0.1, 0.15) is 67.7 Å². The highest BCUT2D eigenvalue weighted by molar-refractivity contribution is 7.90. The number of nitrogens with zero attached hydrogens (tertiary/aromatic N) is 3. The van der Waals surface area contributed by atoms with E-state index in [9.17, 15) is 23.1 Å². The number of halogens is 1. The highest BCUT2D eigenvalue weighted by atomic mass is 35.5. The van der Waals surface area contributed by atoms with Crippen molar-refractivity contribution in [3.63, 3.8) is 0 Å². The Morgan fingerprint density at radius 3 is 2.62 bits per heavy atom. The molecular weight excluding hydrogens is 850 g/mol. The number of hydrogen-bond acceptors (Lipinski definition) is 14. The second-order valence-corrected chi connectivity index (χ2v) is 19.0. The lowest BCUT2D eigenvalue weighted by atomic mass is 9.96. The van der Waals surface area contributed by atoms with E-state index in [2.05, 4.69) is 20.9 Å². The third kappa shape index (κ3) is 11.6. The molecule has 63 heavy (non-hydrogen) atoms. The average molecular weight is 906 g/mol. The molecule has 3 aliphatic rings. The fraction of sp³-hybridized carbons (Fsp3) is 0.468. The van der Waals surface area contributed by atoms with Crippen LogP contribution >= 0.6 is 11.6 Å². The predicted molar refractivity (Wildman–Crippen MR) is 236 cm³/mol. The van der Waals surface area contributed by atoms with E-state index in [1.54, 1.807) is 25.3 Å². The van der Waals surface area contributed by atoms with Gasteiger partial charge in [-0.25, -0.2) is 8.42 Å². The second kappa shape index (κ2) is 20.3. The van der Waals surface area contributed by atoms with E-state index in [-0.39, 0.29) is 42.6 Å². The van der Waals surface area contributed by atoms with Crippen molar-refractivity contribution in [2.24, 2.45) is 0 Å². The smallest absolute Gasteiger partial charge is 0.323 e. The van der Waals surface area contributed by atoms with Crippen LogP contribution in [-0.4, -0.2) is 111 Å². The summed E-state index contributed by atoms with van der Waals surface area (Å²) in [5.74, 6) is 1.54. The van der Waals surface area contributed by atoms with Gasteiger partial charge in [0.2, 0.25) is 0 Å². The predicted octanol–water partition coefficient (Wildman–Crippen LogP) is 6.72. The molecule has 4 aromatic rings. The van der Waals surface area contributed by atoms with Crippen molar-refractivity contribution in [3.8, 4) is 34.1 Å². The van der Waals surface area contributed by atoms with Crippen molar-refractivity contribution in [1.82, 2.24) is 14.8 Å². The first-order valence-electron chi connectivity index (χ1n) is 21.4. The summed E-state index contributed by atoms with van der Waals surface area (Å²) in [6.45, 7) is 7.60. The molecule has 4 heterocycles. The molecule has 0 radical (unpaired) electrons. The number of likely N-dealkylation sites (tertiary alicyclic amines) is 2. The van der Waals surface area contributed by atoms with E-state index in [1.165, 1.54) is 19.4 Å². The fourth-order valence-electron chi connectivity index (χ4n) is 8.47. The number of hydrogen-bond donors (Lipinski definition) is 1. The number of methoxy groups -OCH3 is 1. The summed E-state index contributed by atoms with van der Waals surface area (Å²) in [5.41, 5.74) is 4.13. The zero-order valence-corrected chi connectivity index (χ0v) is 37.8. The van der Waals surface area contributed by atoms with Gasteiger partial charge >= 0.3 is 11.9 Å². The maximum Gasteiger partial charge on any atom is 0.323 e. The van der Waals surface area contributed by atoms with E-state index >= 15 is 0 Å². The van der Waals surface area contributed by atoms with Gasteiger partial charge in [-0.1, -0.05) is 42.3 Å². The van der Waals surface area contributed by atoms with Gasteiger partial charge in [0.15, 0.2) is 21.3 Å². The van der Waals surface area contributed by atoms with Gasteiger partial charge in [0.05, 0.1) is 35.7 Å². The number of benzene rings is 3. The summed E-state index contributed by atoms with van der Waals surface area (Å²) < 4.78 is 60.0. The Labute approximate surface area is 374 Å². The first kappa shape index (κ1) is 46.1. The molecule has 338 valence electrons. The van der Waals surface area contributed by atoms with Gasteiger partial charge in [-0.3, -0.25) is 19.5 Å². The van der Waals surface area contributed by atoms with Crippen molar-refractivity contribution >= 4 is 33.4 Å². The number of pyridine rings is 1. The SMILES string of the molecule is CCOC(=O)CC1(O)CCN(CCC2COc3ccc(-c4cccc(COc5cc(OCc6cncc(S(C)(=O)=O)c6)c(CN6CCCCC6C(=O)OC)cc5Cl)c4C)cc3O2)C1. The molecule has 3 unspecified atom stereocenters. The number of carbonyl (C=O) groups is 2. The molecular formula is C47H56ClN3O11S. The van der Waals surface area contributed by atoms with Crippen LogP contribution < -0.4 is 18.9 Å². The van der Waals surface area contributed by atoms with Crippen LogP contribution in [-0.2, 0) is 48.7 Å². The number of β-amino-alcohol motifs (C(OH)–C–C–N with tert-alkyl or cyclic N) is 1. The number of carbonyl (C=O) groups excluding carboxylic acids is 2. The van der Waals surface area contributed by atoms with Gasteiger partial charge in [0.1, 0.15) is 43.5 Å². The van der Waals surface area contributed by atoms with Gasteiger partial charge in [-0.2, -0.15) is 0 Å². The van der Waals surface area contributed by atoms with Gasteiger partial charge in [0.25, 0.3) is 0 Å². The molecule has 14 nitrogen and oxygen atoms in total. The third-order valence-corrected chi connectivity index (χ3v) is 13.3. The molecule has 1 aromatic heterocycles. The van der Waals surface area contributed by atoms with Crippen molar-refractivity contribution in [2.75, 3.05) is 52.8 Å². The van der Waals surface area contributed by atoms with Crippen LogP contribution in [0.4, 0.5) is 0 Å². The summed E-state index contributed by atoms with van der Waals surface area (Å²) in [6, 6.07) is 16.6. The molecule has 1 N–H and O–H groups in total. The van der Waals surface area contributed by atoms with Crippen LogP contribution in [0.25, 0.3) is 11.1 Å². The van der Waals surface area contributed by atoms with E-state index in [1.807, 2.05) is 37.3 Å². The van der Waals surface area contributed by atoms with E-state index < -0.39 is 21.5 Å². The number of sulfone groups is 1. The summed E-state index contributed by atoms with van der Waals surface area (Å²) >= 11 is 6.92. The quantitative estimate of drug-likeness (QED) is 0.111. The topological polar surface area (TPSA) is 163 Å². The molecule has 3 atom stereocenters. The minimum absolute atomic E-state index is 0.00797. The number of aliphatic hydroxyl groups is 1. The first-order valence-corrected chi connectivity index (χ1v) is 23.7. The first-order chi connectivity index (χ1) is 30.2. The molecule has 7 rings (SSSR count). The normalized spacial score (nSPS) is 20.3. The highest BCUT2D eigenvalue weighted by Gasteiger charge is 2.39. The minimum atomic E-state index is -3.48. The molecule has 0 saturated carbocycles. The maximum absolute atomic E-state index is 12.7. The highest BCUT2D eigenvalue weighted by Crippen LogP contribution is 2.39. The Balaban J connectivity index is 1.04. The molecule has 2 saturated heterocycles. The summed E-state index contributed by atoms with van der Waals surface area (Å²) in [7, 11) is -2.08.